The summed E-state index contributed by atoms with van der Waals surface area (Å²) in [7, 11) is 0. The first-order valence-electron chi connectivity index (χ1n) is 5.09. The predicted molar refractivity (Wildman–Crippen MR) is 48.3 cm³/mol. The second-order valence-corrected chi connectivity index (χ2v) is 5.25. The van der Waals surface area contributed by atoms with E-state index in [4.69, 9.17) is 0 Å². The highest BCUT2D eigenvalue weighted by Gasteiger charge is 2.68. The normalized spacial score (nSPS) is 47.5. The van der Waals surface area contributed by atoms with Crippen LogP contribution < -0.4 is 0 Å². The molecule has 0 N–H and O–H groups in total. The monoisotopic (exact) mass is 152 g/mol. The van der Waals surface area contributed by atoms with Gasteiger partial charge in [-0.2, -0.15) is 0 Å². The van der Waals surface area contributed by atoms with E-state index in [1.54, 1.807) is 6.42 Å². The lowest BCUT2D eigenvalue weighted by Crippen LogP contribution is -2.36. The van der Waals surface area contributed by atoms with Crippen LogP contribution in [-0.2, 0) is 0 Å². The summed E-state index contributed by atoms with van der Waals surface area (Å²) in [6.45, 7) is 9.61. The zero-order chi connectivity index (χ0) is 8.22. The third-order valence-electron chi connectivity index (χ3n) is 4.31. The first kappa shape index (κ1) is 7.64. The van der Waals surface area contributed by atoms with Crippen molar-refractivity contribution < 1.29 is 0 Å². The second kappa shape index (κ2) is 2.02. The van der Waals surface area contributed by atoms with Crippen LogP contribution in [0.1, 0.15) is 40.5 Å². The molecule has 2 aliphatic carbocycles. The summed E-state index contributed by atoms with van der Waals surface area (Å²) in [5, 5.41) is 0. The second-order valence-electron chi connectivity index (χ2n) is 5.25. The fraction of sp³-hybridized carbons (Fsp3) is 1.00. The third kappa shape index (κ3) is 0.761. The van der Waals surface area contributed by atoms with E-state index in [0.29, 0.717) is 0 Å². The maximum atomic E-state index is 2.41. The van der Waals surface area contributed by atoms with Crippen molar-refractivity contribution in [1.29, 1.82) is 0 Å². The van der Waals surface area contributed by atoms with E-state index >= 15 is 0 Å². The molecule has 2 aliphatic rings. The van der Waals surface area contributed by atoms with Gasteiger partial charge in [0.2, 0.25) is 0 Å². The number of fused-ring (bicyclic) bond motifs is 1. The predicted octanol–water partition coefficient (Wildman–Crippen LogP) is 3.32. The zero-order valence-electron chi connectivity index (χ0n) is 8.22. The molecule has 0 nitrogen and oxygen atoms in total. The summed E-state index contributed by atoms with van der Waals surface area (Å²) in [5.41, 5.74) is 0.828. The van der Waals surface area contributed by atoms with Gasteiger partial charge in [-0.05, 0) is 41.9 Å². The number of rotatable bonds is 2. The molecule has 0 heteroatoms. The minimum Gasteiger partial charge on any atom is -0.0625 e. The lowest BCUT2D eigenvalue weighted by molar-refractivity contribution is 0.0600. The van der Waals surface area contributed by atoms with Gasteiger partial charge in [0, 0.05) is 0 Å². The Morgan fingerprint density at radius 2 is 1.82 bits per heavy atom. The fourth-order valence-corrected chi connectivity index (χ4v) is 3.52. The van der Waals surface area contributed by atoms with Crippen LogP contribution in [0.5, 0.6) is 0 Å². The van der Waals surface area contributed by atoms with Crippen LogP contribution >= 0.6 is 0 Å². The average molecular weight is 152 g/mol. The Bertz CT molecular complexity index is 167. The van der Waals surface area contributed by atoms with Crippen molar-refractivity contribution in [2.24, 2.45) is 29.1 Å². The summed E-state index contributed by atoms with van der Waals surface area (Å²) in [6, 6.07) is 0. The molecule has 2 saturated carbocycles. The molecule has 0 saturated heterocycles. The molecular weight excluding hydrogens is 132 g/mol. The Hall–Kier alpha value is 0. The lowest BCUT2D eigenvalue weighted by atomic mass is 9.62. The van der Waals surface area contributed by atoms with Crippen LogP contribution in [-0.4, -0.2) is 0 Å². The van der Waals surface area contributed by atoms with Crippen molar-refractivity contribution in [1.82, 2.24) is 0 Å². The van der Waals surface area contributed by atoms with E-state index in [2.05, 4.69) is 27.7 Å². The van der Waals surface area contributed by atoms with Crippen molar-refractivity contribution in [3.63, 3.8) is 0 Å². The van der Waals surface area contributed by atoms with Crippen LogP contribution in [0, 0.1) is 29.1 Å². The molecule has 0 aliphatic heterocycles. The Morgan fingerprint density at radius 1 is 1.18 bits per heavy atom. The molecule has 0 aromatic carbocycles. The Morgan fingerprint density at radius 3 is 2.00 bits per heavy atom. The standard InChI is InChI=1S/C11H20/c1-7(2)10-5-9-6-11(9,10)8(3)4/h7-10H,5-6H2,1-4H3. The SMILES string of the molecule is CC(C)C1CC2CC21C(C)C. The quantitative estimate of drug-likeness (QED) is 0.569. The third-order valence-corrected chi connectivity index (χ3v) is 4.31. The van der Waals surface area contributed by atoms with E-state index in [1.807, 2.05) is 0 Å². The van der Waals surface area contributed by atoms with Crippen molar-refractivity contribution in [2.45, 2.75) is 40.5 Å². The van der Waals surface area contributed by atoms with Crippen molar-refractivity contribution in [3.05, 3.63) is 0 Å². The van der Waals surface area contributed by atoms with E-state index < -0.39 is 0 Å². The summed E-state index contributed by atoms with van der Waals surface area (Å²) in [5.74, 6) is 4.06. The molecule has 2 rings (SSSR count). The maximum absolute atomic E-state index is 2.41. The summed E-state index contributed by atoms with van der Waals surface area (Å²) in [6.07, 6.45) is 3.09. The van der Waals surface area contributed by atoms with Crippen LogP contribution in [0.25, 0.3) is 0 Å². The molecule has 0 radical (unpaired) electrons. The molecule has 0 heterocycles. The summed E-state index contributed by atoms with van der Waals surface area (Å²) >= 11 is 0. The van der Waals surface area contributed by atoms with Gasteiger partial charge in [-0.1, -0.05) is 27.7 Å². The molecule has 0 spiro atoms. The van der Waals surface area contributed by atoms with E-state index in [1.165, 1.54) is 6.42 Å². The average Bonchev–Trinajstić information content (AvgIpc) is 2.36. The van der Waals surface area contributed by atoms with Crippen molar-refractivity contribution >= 4 is 0 Å². The molecule has 0 amide bonds. The van der Waals surface area contributed by atoms with Gasteiger partial charge in [0.25, 0.3) is 0 Å². The highest BCUT2D eigenvalue weighted by Crippen LogP contribution is 2.76. The Kier molecular flexibility index (Phi) is 1.41. The highest BCUT2D eigenvalue weighted by molar-refractivity contribution is 5.17. The van der Waals surface area contributed by atoms with Gasteiger partial charge < -0.3 is 0 Å². The summed E-state index contributed by atoms with van der Waals surface area (Å²) in [4.78, 5) is 0. The zero-order valence-corrected chi connectivity index (χ0v) is 8.22. The molecule has 11 heavy (non-hydrogen) atoms. The first-order valence-corrected chi connectivity index (χ1v) is 5.09. The fourth-order valence-electron chi connectivity index (χ4n) is 3.52. The minimum atomic E-state index is 0.828. The van der Waals surface area contributed by atoms with Gasteiger partial charge in [-0.25, -0.2) is 0 Å². The molecule has 0 bridgehead atoms. The molecule has 64 valence electrons. The lowest BCUT2D eigenvalue weighted by Gasteiger charge is -2.42. The smallest absolute Gasteiger partial charge is 0.0212 e. The molecule has 0 aromatic heterocycles. The van der Waals surface area contributed by atoms with Gasteiger partial charge in [0.15, 0.2) is 0 Å². The van der Waals surface area contributed by atoms with E-state index in [0.717, 1.165) is 29.1 Å². The van der Waals surface area contributed by atoms with Crippen LogP contribution in [0.2, 0.25) is 0 Å². The topological polar surface area (TPSA) is 0 Å². The largest absolute Gasteiger partial charge is 0.0625 e. The maximum Gasteiger partial charge on any atom is -0.0212 e. The van der Waals surface area contributed by atoms with Gasteiger partial charge in [-0.3, -0.25) is 0 Å². The molecule has 0 aromatic rings. The van der Waals surface area contributed by atoms with E-state index in [-0.39, 0.29) is 0 Å². The molecule has 2 fully saturated rings. The van der Waals surface area contributed by atoms with E-state index in [9.17, 15) is 0 Å². The molecule has 3 unspecified atom stereocenters. The number of hydrogen-bond acceptors (Lipinski definition) is 0. The van der Waals surface area contributed by atoms with Crippen LogP contribution in [0.3, 0.4) is 0 Å². The number of hydrogen-bond donors (Lipinski definition) is 0. The highest BCUT2D eigenvalue weighted by atomic mass is 14.7. The van der Waals surface area contributed by atoms with Gasteiger partial charge in [0.1, 0.15) is 0 Å². The minimum absolute atomic E-state index is 0.828. The van der Waals surface area contributed by atoms with Gasteiger partial charge in [0.05, 0.1) is 0 Å². The van der Waals surface area contributed by atoms with Crippen molar-refractivity contribution in [2.75, 3.05) is 0 Å². The Balaban J connectivity index is 2.07. The molecule has 3 atom stereocenters. The van der Waals surface area contributed by atoms with Crippen LogP contribution in [0.4, 0.5) is 0 Å². The molecular formula is C11H20. The van der Waals surface area contributed by atoms with Gasteiger partial charge in [-0.15, -0.1) is 0 Å². The first-order chi connectivity index (χ1) is 5.09. The van der Waals surface area contributed by atoms with Gasteiger partial charge >= 0.3 is 0 Å². The van der Waals surface area contributed by atoms with Crippen LogP contribution in [0.15, 0.2) is 0 Å². The Labute approximate surface area is 70.4 Å². The summed E-state index contributed by atoms with van der Waals surface area (Å²) < 4.78 is 0. The van der Waals surface area contributed by atoms with Crippen molar-refractivity contribution in [3.8, 4) is 0 Å².